The highest BCUT2D eigenvalue weighted by Gasteiger charge is 2.47. The third kappa shape index (κ3) is 4.83. The number of anilines is 2. The Kier molecular flexibility index (Phi) is 6.60. The average molecular weight is 471 g/mol. The smallest absolute Gasteiger partial charge is 0.293 e. The Hall–Kier alpha value is -3.46. The topological polar surface area (TPSA) is 122 Å². The predicted molar refractivity (Wildman–Crippen MR) is 123 cm³/mol. The first-order valence-corrected chi connectivity index (χ1v) is 11.2. The number of nitrogens with zero attached hydrogens (tertiary/aromatic N) is 2. The van der Waals surface area contributed by atoms with Gasteiger partial charge in [0.25, 0.3) is 11.6 Å². The number of hydrogen-bond acceptors (Lipinski definition) is 6. The van der Waals surface area contributed by atoms with Gasteiger partial charge in [-0.2, -0.15) is 0 Å². The quantitative estimate of drug-likeness (QED) is 0.357. The van der Waals surface area contributed by atoms with Crippen LogP contribution in [-0.2, 0) is 9.59 Å². The van der Waals surface area contributed by atoms with Crippen LogP contribution in [0.15, 0.2) is 42.5 Å². The maximum atomic E-state index is 12.6. The summed E-state index contributed by atoms with van der Waals surface area (Å²) in [6, 6.07) is 10.6. The van der Waals surface area contributed by atoms with Crippen LogP contribution in [0.3, 0.4) is 0 Å². The van der Waals surface area contributed by atoms with Gasteiger partial charge < -0.3 is 10.6 Å². The van der Waals surface area contributed by atoms with E-state index in [2.05, 4.69) is 10.6 Å². The van der Waals surface area contributed by atoms with Crippen molar-refractivity contribution in [2.75, 3.05) is 23.7 Å². The number of carbonyl (C=O) groups excluding carboxylic acids is 3. The predicted octanol–water partition coefficient (Wildman–Crippen LogP) is 4.09. The van der Waals surface area contributed by atoms with E-state index in [4.69, 9.17) is 11.6 Å². The van der Waals surface area contributed by atoms with E-state index >= 15 is 0 Å². The van der Waals surface area contributed by atoms with E-state index in [0.29, 0.717) is 10.7 Å². The van der Waals surface area contributed by atoms with Gasteiger partial charge in [0.05, 0.1) is 16.8 Å². The molecule has 2 aromatic rings. The fraction of sp³-hybridized carbons (Fsp3) is 0.348. The molecule has 9 nitrogen and oxygen atoms in total. The molecule has 10 heteroatoms. The molecule has 2 N–H and O–H groups in total. The summed E-state index contributed by atoms with van der Waals surface area (Å²) in [6.45, 7) is 0.314. The van der Waals surface area contributed by atoms with Crippen molar-refractivity contribution in [1.29, 1.82) is 0 Å². The van der Waals surface area contributed by atoms with E-state index in [1.54, 1.807) is 24.3 Å². The summed E-state index contributed by atoms with van der Waals surface area (Å²) in [6.07, 6.45) is 3.39. The monoisotopic (exact) mass is 470 g/mol. The van der Waals surface area contributed by atoms with Crippen LogP contribution in [0.25, 0.3) is 0 Å². The molecule has 33 heavy (non-hydrogen) atoms. The van der Waals surface area contributed by atoms with Gasteiger partial charge in [-0.15, -0.1) is 0 Å². The van der Waals surface area contributed by atoms with Crippen LogP contribution in [-0.4, -0.2) is 40.6 Å². The van der Waals surface area contributed by atoms with Crippen LogP contribution in [0.5, 0.6) is 0 Å². The number of nitro groups is 1. The first-order valence-electron chi connectivity index (χ1n) is 10.8. The second-order valence-electron chi connectivity index (χ2n) is 8.20. The Labute approximate surface area is 195 Å². The summed E-state index contributed by atoms with van der Waals surface area (Å²) in [5.74, 6) is -1.23. The molecule has 1 saturated heterocycles. The molecule has 0 aromatic heterocycles. The third-order valence-electron chi connectivity index (χ3n) is 6.14. The van der Waals surface area contributed by atoms with E-state index in [-0.39, 0.29) is 53.7 Å². The molecule has 0 spiro atoms. The molecule has 0 radical (unpaired) electrons. The number of amides is 3. The van der Waals surface area contributed by atoms with Crippen LogP contribution in [0.1, 0.15) is 36.0 Å². The normalized spacial score (nSPS) is 19.8. The highest BCUT2D eigenvalue weighted by molar-refractivity contribution is 6.30. The van der Waals surface area contributed by atoms with E-state index < -0.39 is 10.8 Å². The van der Waals surface area contributed by atoms with Crippen molar-refractivity contribution < 1.29 is 19.3 Å². The van der Waals surface area contributed by atoms with Crippen LogP contribution in [0.2, 0.25) is 5.02 Å². The molecule has 1 saturated carbocycles. The Morgan fingerprint density at radius 2 is 1.70 bits per heavy atom. The second kappa shape index (κ2) is 9.58. The van der Waals surface area contributed by atoms with Gasteiger partial charge in [-0.3, -0.25) is 29.4 Å². The standard InChI is InChI=1S/C23H23ClN4O5/c24-15-6-8-16(9-7-15)26-21(29)14-5-10-19(20(13-14)28(32)33)25-11-12-27-22(30)17-3-1-2-4-18(17)23(27)31/h5-10,13,17-18,25H,1-4,11-12H2,(H,26,29)/t17-,18+. The van der Waals surface area contributed by atoms with Crippen LogP contribution in [0, 0.1) is 22.0 Å². The molecule has 3 amide bonds. The zero-order chi connectivity index (χ0) is 23.5. The first-order chi connectivity index (χ1) is 15.8. The van der Waals surface area contributed by atoms with E-state index in [9.17, 15) is 24.5 Å². The summed E-state index contributed by atoms with van der Waals surface area (Å²) in [5.41, 5.74) is 0.567. The number of halogens is 1. The Morgan fingerprint density at radius 3 is 2.30 bits per heavy atom. The van der Waals surface area contributed by atoms with Crippen LogP contribution in [0.4, 0.5) is 17.1 Å². The van der Waals surface area contributed by atoms with Crippen molar-refractivity contribution in [2.24, 2.45) is 11.8 Å². The van der Waals surface area contributed by atoms with Gasteiger partial charge in [-0.1, -0.05) is 24.4 Å². The fourth-order valence-corrected chi connectivity index (χ4v) is 4.59. The minimum atomic E-state index is -0.581. The lowest BCUT2D eigenvalue weighted by Crippen LogP contribution is -2.35. The molecule has 172 valence electrons. The lowest BCUT2D eigenvalue weighted by Gasteiger charge is -2.19. The van der Waals surface area contributed by atoms with Crippen LogP contribution >= 0.6 is 11.6 Å². The Morgan fingerprint density at radius 1 is 1.06 bits per heavy atom. The molecule has 2 aromatic carbocycles. The van der Waals surface area contributed by atoms with Gasteiger partial charge >= 0.3 is 0 Å². The molecule has 1 aliphatic carbocycles. The van der Waals surface area contributed by atoms with E-state index in [0.717, 1.165) is 25.7 Å². The van der Waals surface area contributed by atoms with E-state index in [1.807, 2.05) is 0 Å². The van der Waals surface area contributed by atoms with Gasteiger partial charge in [0.15, 0.2) is 0 Å². The zero-order valence-corrected chi connectivity index (χ0v) is 18.5. The largest absolute Gasteiger partial charge is 0.378 e. The van der Waals surface area contributed by atoms with Crippen molar-refractivity contribution >= 4 is 46.4 Å². The molecule has 1 aliphatic heterocycles. The van der Waals surface area contributed by atoms with Crippen molar-refractivity contribution in [3.8, 4) is 0 Å². The highest BCUT2D eigenvalue weighted by atomic mass is 35.5. The average Bonchev–Trinajstić information content (AvgIpc) is 3.05. The minimum absolute atomic E-state index is 0.121. The summed E-state index contributed by atoms with van der Waals surface area (Å²) in [5, 5.41) is 17.7. The maximum Gasteiger partial charge on any atom is 0.293 e. The fourth-order valence-electron chi connectivity index (χ4n) is 4.46. The number of nitro benzene ring substituents is 1. The van der Waals surface area contributed by atoms with Crippen molar-refractivity contribution in [1.82, 2.24) is 4.90 Å². The molecular weight excluding hydrogens is 448 g/mol. The molecular formula is C23H23ClN4O5. The maximum absolute atomic E-state index is 12.6. The third-order valence-corrected chi connectivity index (χ3v) is 6.39. The minimum Gasteiger partial charge on any atom is -0.378 e. The molecule has 2 fully saturated rings. The van der Waals surface area contributed by atoms with Crippen molar-refractivity contribution in [3.63, 3.8) is 0 Å². The molecule has 2 aliphatic rings. The zero-order valence-electron chi connectivity index (χ0n) is 17.8. The van der Waals surface area contributed by atoms with Gasteiger partial charge in [0, 0.05) is 35.4 Å². The van der Waals surface area contributed by atoms with Gasteiger partial charge in [0.1, 0.15) is 5.69 Å². The lowest BCUT2D eigenvalue weighted by molar-refractivity contribution is -0.384. The van der Waals surface area contributed by atoms with Gasteiger partial charge in [0.2, 0.25) is 11.8 Å². The molecule has 1 heterocycles. The van der Waals surface area contributed by atoms with E-state index in [1.165, 1.54) is 23.1 Å². The van der Waals surface area contributed by atoms with Crippen molar-refractivity contribution in [3.05, 3.63) is 63.2 Å². The molecule has 4 rings (SSSR count). The van der Waals surface area contributed by atoms with Gasteiger partial charge in [-0.05, 0) is 49.2 Å². The first kappa shape index (κ1) is 22.7. The Bertz CT molecular complexity index is 1080. The molecule has 2 atom stereocenters. The number of benzene rings is 2. The number of nitrogens with one attached hydrogen (secondary N) is 2. The summed E-state index contributed by atoms with van der Waals surface area (Å²) < 4.78 is 0. The second-order valence-corrected chi connectivity index (χ2v) is 8.64. The number of rotatable bonds is 7. The molecule has 0 unspecified atom stereocenters. The Balaban J connectivity index is 1.41. The summed E-state index contributed by atoms with van der Waals surface area (Å²) in [7, 11) is 0. The summed E-state index contributed by atoms with van der Waals surface area (Å²) >= 11 is 5.83. The van der Waals surface area contributed by atoms with Crippen LogP contribution < -0.4 is 10.6 Å². The SMILES string of the molecule is O=C(Nc1ccc(Cl)cc1)c1ccc(NCCN2C(=O)[C@H]3CCCC[C@H]3C2=O)c([N+](=O)[O-])c1. The number of imide groups is 1. The molecule has 0 bridgehead atoms. The lowest BCUT2D eigenvalue weighted by atomic mass is 9.81. The summed E-state index contributed by atoms with van der Waals surface area (Å²) in [4.78, 5) is 49.9. The number of carbonyl (C=O) groups is 3. The highest BCUT2D eigenvalue weighted by Crippen LogP contribution is 2.38. The van der Waals surface area contributed by atoms with Gasteiger partial charge in [-0.25, -0.2) is 0 Å². The number of likely N-dealkylation sites (tertiary alicyclic amines) is 1. The van der Waals surface area contributed by atoms with Crippen molar-refractivity contribution in [2.45, 2.75) is 25.7 Å². The number of hydrogen-bond donors (Lipinski definition) is 2. The number of fused-ring (bicyclic) bond motifs is 1.